The fourth-order valence-electron chi connectivity index (χ4n) is 3.12. The number of alkyl halides is 3. The molecule has 0 spiro atoms. The normalized spacial score (nSPS) is 17.6. The van der Waals surface area contributed by atoms with E-state index >= 15 is 0 Å². The number of quaternary nitrogens is 1. The average Bonchev–Trinajstić information content (AvgIpc) is 3.07. The van der Waals surface area contributed by atoms with Crippen LogP contribution in [0.1, 0.15) is 37.3 Å². The summed E-state index contributed by atoms with van der Waals surface area (Å²) in [5.41, 5.74) is 0.551. The molecule has 1 aliphatic rings. The van der Waals surface area contributed by atoms with Crippen molar-refractivity contribution in [2.24, 2.45) is 0 Å². The van der Waals surface area contributed by atoms with E-state index < -0.39 is 17.2 Å². The van der Waals surface area contributed by atoms with E-state index in [0.29, 0.717) is 12.8 Å². The van der Waals surface area contributed by atoms with Crippen LogP contribution in [-0.4, -0.2) is 12.8 Å². The van der Waals surface area contributed by atoms with Crippen LogP contribution >= 0.6 is 11.8 Å². The van der Waals surface area contributed by atoms with E-state index in [2.05, 4.69) is 24.8 Å². The summed E-state index contributed by atoms with van der Waals surface area (Å²) in [6, 6.07) is 4.03. The molecule has 136 valence electrons. The molecule has 0 saturated heterocycles. The molecule has 0 fully saturated rings. The number of benzene rings is 1. The molecule has 0 aliphatic carbocycles. The number of allylic oxidation sites excluding steroid dienone is 4. The molecule has 1 aliphatic heterocycles. The van der Waals surface area contributed by atoms with Gasteiger partial charge >= 0.3 is 6.18 Å². The van der Waals surface area contributed by atoms with Gasteiger partial charge < -0.3 is 5.32 Å². The summed E-state index contributed by atoms with van der Waals surface area (Å²) in [6.45, 7) is 5.82. The Morgan fingerprint density at radius 2 is 2.04 bits per heavy atom. The average molecular weight is 368 g/mol. The van der Waals surface area contributed by atoms with Crippen molar-refractivity contribution in [3.05, 3.63) is 65.1 Å². The number of nitrogens with two attached hydrogens (primary N) is 1. The van der Waals surface area contributed by atoms with Gasteiger partial charge in [-0.2, -0.15) is 13.2 Å². The lowest BCUT2D eigenvalue weighted by molar-refractivity contribution is -0.540. The maximum absolute atomic E-state index is 13.2. The van der Waals surface area contributed by atoms with Gasteiger partial charge in [0.15, 0.2) is 0 Å². The lowest BCUT2D eigenvalue weighted by atomic mass is 9.75. The Morgan fingerprint density at radius 3 is 2.60 bits per heavy atom. The number of rotatable bonds is 7. The minimum absolute atomic E-state index is 0.425. The first-order chi connectivity index (χ1) is 11.8. The third kappa shape index (κ3) is 5.02. The van der Waals surface area contributed by atoms with Crippen LogP contribution < -0.4 is 5.32 Å². The lowest BCUT2D eigenvalue weighted by Crippen LogP contribution is -2.73. The van der Waals surface area contributed by atoms with Crippen molar-refractivity contribution in [1.82, 2.24) is 0 Å². The molecule has 1 atom stereocenters. The molecule has 1 aromatic rings. The van der Waals surface area contributed by atoms with Crippen molar-refractivity contribution < 1.29 is 18.5 Å². The van der Waals surface area contributed by atoms with Gasteiger partial charge in [-0.1, -0.05) is 31.2 Å². The van der Waals surface area contributed by atoms with Gasteiger partial charge in [-0.25, -0.2) is 0 Å². The van der Waals surface area contributed by atoms with Crippen LogP contribution in [0.25, 0.3) is 0 Å². The van der Waals surface area contributed by atoms with Crippen molar-refractivity contribution in [2.45, 2.75) is 37.8 Å². The SMILES string of the molecule is C=CCC(C)(C/C=C/C1=CCCS1)c1cc(C(F)(F)F)ccc1[NH2+]C. The lowest BCUT2D eigenvalue weighted by Gasteiger charge is -2.29. The summed E-state index contributed by atoms with van der Waals surface area (Å²) < 4.78 is 39.5. The third-order valence-electron chi connectivity index (χ3n) is 4.52. The molecule has 0 radical (unpaired) electrons. The van der Waals surface area contributed by atoms with Gasteiger partial charge in [0.1, 0.15) is 5.69 Å². The zero-order valence-electron chi connectivity index (χ0n) is 14.7. The topological polar surface area (TPSA) is 16.6 Å². The van der Waals surface area contributed by atoms with Crippen molar-refractivity contribution in [2.75, 3.05) is 12.8 Å². The molecule has 1 unspecified atom stereocenters. The van der Waals surface area contributed by atoms with Crippen LogP contribution in [0.3, 0.4) is 0 Å². The van der Waals surface area contributed by atoms with Crippen LogP contribution in [0.5, 0.6) is 0 Å². The Hall–Kier alpha value is -1.46. The predicted molar refractivity (Wildman–Crippen MR) is 100 cm³/mol. The Balaban J connectivity index is 2.37. The standard InChI is InChI=1S/C20H24F3NS/c1-4-11-19(2,12-5-7-16-8-6-13-25-16)17-14-15(20(21,22)23)9-10-18(17)24-3/h4-5,7-10,14,24H,1,6,11-13H2,2-3H3/p+1/b7-5+. The first kappa shape index (κ1) is 19.9. The van der Waals surface area contributed by atoms with Gasteiger partial charge in [0.05, 0.1) is 12.6 Å². The molecular formula is C20H25F3NS+. The second kappa shape index (κ2) is 8.28. The Morgan fingerprint density at radius 1 is 1.28 bits per heavy atom. The first-order valence-corrected chi connectivity index (χ1v) is 9.40. The molecule has 1 nitrogen and oxygen atoms in total. The molecule has 5 heteroatoms. The fraction of sp³-hybridized carbons (Fsp3) is 0.400. The van der Waals surface area contributed by atoms with Crippen molar-refractivity contribution in [1.29, 1.82) is 0 Å². The van der Waals surface area contributed by atoms with Crippen LogP contribution in [0.15, 0.2) is 54.0 Å². The zero-order chi connectivity index (χ0) is 18.5. The smallest absolute Gasteiger partial charge is 0.316 e. The Kier molecular flexibility index (Phi) is 6.58. The van der Waals surface area contributed by atoms with E-state index in [1.807, 2.05) is 31.1 Å². The van der Waals surface area contributed by atoms with Gasteiger partial charge in [0, 0.05) is 21.6 Å². The van der Waals surface area contributed by atoms with E-state index in [9.17, 15) is 13.2 Å². The first-order valence-electron chi connectivity index (χ1n) is 8.41. The summed E-state index contributed by atoms with van der Waals surface area (Å²) in [5.74, 6) is 1.10. The summed E-state index contributed by atoms with van der Waals surface area (Å²) in [6.07, 6.45) is 6.17. The highest BCUT2D eigenvalue weighted by molar-refractivity contribution is 8.03. The maximum atomic E-state index is 13.2. The van der Waals surface area contributed by atoms with Gasteiger partial charge in [-0.05, 0) is 37.5 Å². The third-order valence-corrected chi connectivity index (χ3v) is 5.60. The van der Waals surface area contributed by atoms with Crippen molar-refractivity contribution >= 4 is 17.4 Å². The van der Waals surface area contributed by atoms with Crippen molar-refractivity contribution in [3.63, 3.8) is 0 Å². The van der Waals surface area contributed by atoms with Crippen LogP contribution in [0.2, 0.25) is 0 Å². The number of hydrogen-bond acceptors (Lipinski definition) is 1. The minimum atomic E-state index is -4.34. The molecule has 25 heavy (non-hydrogen) atoms. The maximum Gasteiger partial charge on any atom is 0.416 e. The second-order valence-electron chi connectivity index (χ2n) is 6.49. The number of halogens is 3. The van der Waals surface area contributed by atoms with Gasteiger partial charge in [0.2, 0.25) is 0 Å². The van der Waals surface area contributed by atoms with Gasteiger partial charge in [-0.15, -0.1) is 18.3 Å². The number of thioether (sulfide) groups is 1. The van der Waals surface area contributed by atoms with Crippen molar-refractivity contribution in [3.8, 4) is 0 Å². The van der Waals surface area contributed by atoms with E-state index in [4.69, 9.17) is 0 Å². The van der Waals surface area contributed by atoms with E-state index in [1.54, 1.807) is 12.1 Å². The minimum Gasteiger partial charge on any atom is -0.316 e. The van der Waals surface area contributed by atoms with Gasteiger partial charge in [0.25, 0.3) is 0 Å². The molecule has 2 rings (SSSR count). The zero-order valence-corrected chi connectivity index (χ0v) is 15.5. The molecule has 2 N–H and O–H groups in total. The van der Waals surface area contributed by atoms with Crippen LogP contribution in [0.4, 0.5) is 18.9 Å². The molecule has 1 aromatic carbocycles. The molecule has 0 bridgehead atoms. The van der Waals surface area contributed by atoms with Gasteiger partial charge in [-0.3, -0.25) is 0 Å². The monoisotopic (exact) mass is 368 g/mol. The summed E-state index contributed by atoms with van der Waals surface area (Å²) >= 11 is 1.81. The molecule has 0 aromatic heterocycles. The summed E-state index contributed by atoms with van der Waals surface area (Å²) in [4.78, 5) is 1.24. The number of hydrogen-bond donors (Lipinski definition) is 1. The fourth-order valence-corrected chi connectivity index (χ4v) is 4.02. The summed E-state index contributed by atoms with van der Waals surface area (Å²) in [5, 5.41) is 1.87. The quantitative estimate of drug-likeness (QED) is 0.508. The highest BCUT2D eigenvalue weighted by Gasteiger charge is 2.35. The Labute approximate surface area is 152 Å². The molecular weight excluding hydrogens is 343 g/mol. The van der Waals surface area contributed by atoms with Crippen LogP contribution in [0, 0.1) is 0 Å². The second-order valence-corrected chi connectivity index (χ2v) is 7.66. The Bertz CT molecular complexity index is 676. The van der Waals surface area contributed by atoms with E-state index in [1.165, 1.54) is 11.0 Å². The van der Waals surface area contributed by atoms with Crippen LogP contribution in [-0.2, 0) is 11.6 Å². The molecule has 0 saturated carbocycles. The van der Waals surface area contributed by atoms with E-state index in [0.717, 1.165) is 29.5 Å². The predicted octanol–water partition coefficient (Wildman–Crippen LogP) is 5.33. The highest BCUT2D eigenvalue weighted by atomic mass is 32.2. The highest BCUT2D eigenvalue weighted by Crippen LogP contribution is 2.39. The van der Waals surface area contributed by atoms with E-state index in [-0.39, 0.29) is 0 Å². The molecule has 0 amide bonds. The largest absolute Gasteiger partial charge is 0.416 e. The summed E-state index contributed by atoms with van der Waals surface area (Å²) in [7, 11) is 1.86. The molecule has 1 heterocycles.